The van der Waals surface area contributed by atoms with Gasteiger partial charge in [0.1, 0.15) is 5.60 Å². The van der Waals surface area contributed by atoms with E-state index in [2.05, 4.69) is 66.0 Å². The molecule has 6 heteroatoms. The number of rotatable bonds is 7. The first-order valence-electron chi connectivity index (χ1n) is 12.0. The fourth-order valence-corrected chi connectivity index (χ4v) is 4.06. The van der Waals surface area contributed by atoms with Crippen LogP contribution in [0.3, 0.4) is 0 Å². The minimum absolute atomic E-state index is 0.145. The molecule has 2 amide bonds. The minimum atomic E-state index is -0.547. The van der Waals surface area contributed by atoms with Crippen LogP contribution in [0, 0.1) is 0 Å². The van der Waals surface area contributed by atoms with E-state index in [1.54, 1.807) is 0 Å². The Morgan fingerprint density at radius 1 is 0.971 bits per heavy atom. The van der Waals surface area contributed by atoms with E-state index in [1.165, 1.54) is 27.8 Å². The van der Waals surface area contributed by atoms with Gasteiger partial charge in [-0.2, -0.15) is 0 Å². The summed E-state index contributed by atoms with van der Waals surface area (Å²) in [7, 11) is 4.17. The van der Waals surface area contributed by atoms with E-state index >= 15 is 0 Å². The van der Waals surface area contributed by atoms with Crippen LogP contribution in [0.15, 0.2) is 48.5 Å². The highest BCUT2D eigenvalue weighted by Gasteiger charge is 2.19. The zero-order valence-corrected chi connectivity index (χ0v) is 21.0. The Kier molecular flexibility index (Phi) is 8.51. The number of amides is 2. The van der Waals surface area contributed by atoms with Crippen LogP contribution in [0.5, 0.6) is 0 Å². The molecule has 0 radical (unpaired) electrons. The summed E-state index contributed by atoms with van der Waals surface area (Å²) in [6.45, 7) is 7.06. The molecule has 1 aliphatic rings. The molecule has 0 aromatic heterocycles. The van der Waals surface area contributed by atoms with Crippen molar-refractivity contribution >= 4 is 17.6 Å². The Bertz CT molecular complexity index is 1050. The number of hydrogen-bond acceptors (Lipinski definition) is 4. The topological polar surface area (TPSA) is 70.7 Å². The molecule has 182 valence electrons. The van der Waals surface area contributed by atoms with Gasteiger partial charge in [0.2, 0.25) is 0 Å². The van der Waals surface area contributed by atoms with Crippen LogP contribution in [0.2, 0.25) is 0 Å². The monoisotopic (exact) mass is 463 g/mol. The zero-order valence-electron chi connectivity index (χ0n) is 21.0. The number of nitrogens with one attached hydrogen (secondary N) is 2. The van der Waals surface area contributed by atoms with E-state index in [-0.39, 0.29) is 5.91 Å². The molecule has 0 fully saturated rings. The van der Waals surface area contributed by atoms with Gasteiger partial charge in [-0.1, -0.05) is 36.4 Å². The molecule has 0 saturated carbocycles. The summed E-state index contributed by atoms with van der Waals surface area (Å²) in [5, 5.41) is 5.55. The van der Waals surface area contributed by atoms with Crippen LogP contribution in [0.4, 0.5) is 4.79 Å². The summed E-state index contributed by atoms with van der Waals surface area (Å²) < 4.78 is 5.21. The van der Waals surface area contributed by atoms with Crippen LogP contribution in [0.25, 0.3) is 5.57 Å². The number of nitrogens with zero attached hydrogens (tertiary/aromatic N) is 1. The van der Waals surface area contributed by atoms with Gasteiger partial charge in [0.15, 0.2) is 0 Å². The van der Waals surface area contributed by atoms with E-state index in [9.17, 15) is 9.59 Å². The molecule has 0 bridgehead atoms. The summed E-state index contributed by atoms with van der Waals surface area (Å²) in [6, 6.07) is 14.6. The first-order valence-corrected chi connectivity index (χ1v) is 12.0. The van der Waals surface area contributed by atoms with Crippen molar-refractivity contribution < 1.29 is 14.3 Å². The third-order valence-electron chi connectivity index (χ3n) is 5.63. The summed E-state index contributed by atoms with van der Waals surface area (Å²) in [5.41, 5.74) is 6.35. The van der Waals surface area contributed by atoms with Gasteiger partial charge in [-0.05, 0) is 94.1 Å². The molecule has 0 aliphatic heterocycles. The standard InChI is InChI=1S/C28H37N3O3/c1-28(2,3)34-27(33)30-17-16-29-26(32)22-14-15-24-21(19-22)13-12-20-9-6-7-10-23(20)25(24)11-8-18-31(4)5/h6-7,9-11,14-15,19H,8,12-13,16-18H2,1-5H3,(H,29,32)(H,30,33)/b25-11-. The second-order valence-electron chi connectivity index (χ2n) is 9.92. The van der Waals surface area contributed by atoms with Crippen molar-refractivity contribution in [3.8, 4) is 0 Å². The molecule has 6 nitrogen and oxygen atoms in total. The molecule has 2 N–H and O–H groups in total. The highest BCUT2D eigenvalue weighted by molar-refractivity contribution is 5.95. The number of aryl methyl sites for hydroxylation is 2. The van der Waals surface area contributed by atoms with Crippen molar-refractivity contribution in [1.82, 2.24) is 15.5 Å². The van der Waals surface area contributed by atoms with Gasteiger partial charge in [0, 0.05) is 25.2 Å². The van der Waals surface area contributed by atoms with E-state index < -0.39 is 11.7 Å². The molecule has 0 saturated heterocycles. The van der Waals surface area contributed by atoms with E-state index in [0.717, 1.165) is 25.8 Å². The van der Waals surface area contributed by atoms with Crippen LogP contribution in [0.1, 0.15) is 59.8 Å². The highest BCUT2D eigenvalue weighted by atomic mass is 16.6. The normalized spacial score (nSPS) is 14.2. The van der Waals surface area contributed by atoms with Gasteiger partial charge in [-0.15, -0.1) is 0 Å². The first kappa shape index (κ1) is 25.5. The lowest BCUT2D eigenvalue weighted by molar-refractivity contribution is 0.0526. The van der Waals surface area contributed by atoms with Gasteiger partial charge in [0.05, 0.1) is 0 Å². The molecule has 0 spiro atoms. The maximum Gasteiger partial charge on any atom is 0.407 e. The van der Waals surface area contributed by atoms with E-state index in [0.29, 0.717) is 18.7 Å². The van der Waals surface area contributed by atoms with Crippen molar-refractivity contribution in [1.29, 1.82) is 0 Å². The maximum absolute atomic E-state index is 12.8. The number of hydrogen-bond donors (Lipinski definition) is 2. The van der Waals surface area contributed by atoms with Crippen LogP contribution < -0.4 is 10.6 Å². The molecule has 1 aliphatic carbocycles. The largest absolute Gasteiger partial charge is 0.444 e. The predicted octanol–water partition coefficient (Wildman–Crippen LogP) is 4.42. The molecular formula is C28H37N3O3. The van der Waals surface area contributed by atoms with Crippen molar-refractivity contribution in [3.05, 3.63) is 76.4 Å². The molecule has 3 rings (SSSR count). The zero-order chi connectivity index (χ0) is 24.7. The Morgan fingerprint density at radius 3 is 2.38 bits per heavy atom. The van der Waals surface area contributed by atoms with Gasteiger partial charge in [-0.3, -0.25) is 4.79 Å². The van der Waals surface area contributed by atoms with Crippen molar-refractivity contribution in [2.24, 2.45) is 0 Å². The smallest absolute Gasteiger partial charge is 0.407 e. The Balaban J connectivity index is 1.71. The second kappa shape index (κ2) is 11.3. The van der Waals surface area contributed by atoms with Crippen molar-refractivity contribution in [2.45, 2.75) is 45.6 Å². The number of alkyl carbamates (subject to hydrolysis) is 1. The fraction of sp³-hybridized carbons (Fsp3) is 0.429. The van der Waals surface area contributed by atoms with Crippen LogP contribution in [-0.2, 0) is 17.6 Å². The maximum atomic E-state index is 12.8. The predicted molar refractivity (Wildman–Crippen MR) is 137 cm³/mol. The molecule has 2 aromatic carbocycles. The van der Waals surface area contributed by atoms with Gasteiger partial charge >= 0.3 is 6.09 Å². The number of carbonyl (C=O) groups excluding carboxylic acids is 2. The van der Waals surface area contributed by atoms with Gasteiger partial charge < -0.3 is 20.3 Å². The lowest BCUT2D eigenvalue weighted by atomic mass is 9.92. The van der Waals surface area contributed by atoms with Crippen molar-refractivity contribution in [3.63, 3.8) is 0 Å². The Labute approximate surface area is 203 Å². The number of benzene rings is 2. The number of ether oxygens (including phenoxy) is 1. The van der Waals surface area contributed by atoms with Crippen molar-refractivity contribution in [2.75, 3.05) is 33.7 Å². The molecule has 2 aromatic rings. The van der Waals surface area contributed by atoms with Gasteiger partial charge in [-0.25, -0.2) is 4.79 Å². The molecule has 0 heterocycles. The first-order chi connectivity index (χ1) is 16.1. The summed E-state index contributed by atoms with van der Waals surface area (Å²) in [5.74, 6) is -0.145. The van der Waals surface area contributed by atoms with E-state index in [4.69, 9.17) is 4.74 Å². The van der Waals surface area contributed by atoms with E-state index in [1.807, 2.05) is 32.9 Å². The summed E-state index contributed by atoms with van der Waals surface area (Å²) in [4.78, 5) is 26.7. The van der Waals surface area contributed by atoms with Crippen LogP contribution >= 0.6 is 0 Å². The fourth-order valence-electron chi connectivity index (χ4n) is 4.06. The Hall–Kier alpha value is -3.12. The molecule has 34 heavy (non-hydrogen) atoms. The summed E-state index contributed by atoms with van der Waals surface area (Å²) >= 11 is 0. The molecule has 0 atom stereocenters. The number of fused-ring (bicyclic) bond motifs is 2. The van der Waals surface area contributed by atoms with Gasteiger partial charge in [0.25, 0.3) is 5.91 Å². The quantitative estimate of drug-likeness (QED) is 0.596. The molecular weight excluding hydrogens is 426 g/mol. The summed E-state index contributed by atoms with van der Waals surface area (Å²) in [6.07, 6.45) is 4.63. The minimum Gasteiger partial charge on any atom is -0.444 e. The third-order valence-corrected chi connectivity index (χ3v) is 5.63. The molecule has 0 unspecified atom stereocenters. The average molecular weight is 464 g/mol. The lowest BCUT2D eigenvalue weighted by Crippen LogP contribution is -2.37. The second-order valence-corrected chi connectivity index (χ2v) is 9.92. The highest BCUT2D eigenvalue weighted by Crippen LogP contribution is 2.34. The van der Waals surface area contributed by atoms with Crippen LogP contribution in [-0.4, -0.2) is 56.2 Å². The SMILES string of the molecule is CN(C)CC/C=C1/c2ccccc2CCc2cc(C(=O)NCCNC(=O)OC(C)(C)C)ccc21. The Morgan fingerprint density at radius 2 is 1.65 bits per heavy atom. The average Bonchev–Trinajstić information content (AvgIpc) is 2.92. The third kappa shape index (κ3) is 7.19. The lowest BCUT2D eigenvalue weighted by Gasteiger charge is -2.19. The number of carbonyl (C=O) groups is 2.